The van der Waals surface area contributed by atoms with Gasteiger partial charge < -0.3 is 10.3 Å². The van der Waals surface area contributed by atoms with Gasteiger partial charge in [0.2, 0.25) is 0 Å². The van der Waals surface area contributed by atoms with Gasteiger partial charge in [0, 0.05) is 17.1 Å². The van der Waals surface area contributed by atoms with E-state index in [4.69, 9.17) is 0 Å². The molecule has 0 unspecified atom stereocenters. The molecular weight excluding hydrogens is 451 g/mol. The fourth-order valence-corrected chi connectivity index (χ4v) is 4.66. The minimum absolute atomic E-state index is 0.0637. The molecule has 3 aromatic carbocycles. The highest BCUT2D eigenvalue weighted by Crippen LogP contribution is 2.27. The van der Waals surface area contributed by atoms with Crippen LogP contribution in [0.5, 0.6) is 0 Å². The molecule has 1 aromatic heterocycles. The minimum atomic E-state index is -4.15. The first-order valence-electron chi connectivity index (χ1n) is 9.61. The van der Waals surface area contributed by atoms with Crippen LogP contribution in [0.3, 0.4) is 0 Å². The van der Waals surface area contributed by atoms with Crippen LogP contribution in [0.15, 0.2) is 71.6 Å². The third-order valence-corrected chi connectivity index (χ3v) is 6.44. The Labute approximate surface area is 187 Å². The largest absolute Gasteiger partial charge is 0.345 e. The van der Waals surface area contributed by atoms with E-state index >= 15 is 0 Å². The summed E-state index contributed by atoms with van der Waals surface area (Å²) in [5.74, 6) is -1.34. The van der Waals surface area contributed by atoms with Crippen LogP contribution in [0.2, 0.25) is 0 Å². The molecule has 168 valence electrons. The van der Waals surface area contributed by atoms with Crippen LogP contribution < -0.4 is 10.0 Å². The maximum absolute atomic E-state index is 13.9. The number of nitrogens with one attached hydrogen (secondary N) is 3. The van der Waals surface area contributed by atoms with Gasteiger partial charge in [-0.05, 0) is 42.8 Å². The number of nitro benzene ring substituents is 1. The van der Waals surface area contributed by atoms with E-state index in [0.29, 0.717) is 10.9 Å². The molecule has 0 atom stereocenters. The number of carbonyl (C=O) groups is 1. The normalized spacial score (nSPS) is 11.3. The van der Waals surface area contributed by atoms with Crippen LogP contribution in [0.25, 0.3) is 10.9 Å². The number of fused-ring (bicyclic) bond motifs is 1. The lowest BCUT2D eigenvalue weighted by Crippen LogP contribution is -2.17. The summed E-state index contributed by atoms with van der Waals surface area (Å²) in [5, 5.41) is 14.3. The lowest BCUT2D eigenvalue weighted by Gasteiger charge is -2.13. The number of anilines is 2. The minimum Gasteiger partial charge on any atom is -0.345 e. The van der Waals surface area contributed by atoms with Crippen molar-refractivity contribution in [2.75, 3.05) is 10.0 Å². The molecule has 0 fully saturated rings. The quantitative estimate of drug-likeness (QED) is 0.281. The van der Waals surface area contributed by atoms with Crippen molar-refractivity contribution in [3.63, 3.8) is 0 Å². The molecule has 33 heavy (non-hydrogen) atoms. The maximum Gasteiger partial charge on any atom is 0.293 e. The zero-order valence-electron chi connectivity index (χ0n) is 17.1. The Morgan fingerprint density at radius 3 is 2.55 bits per heavy atom. The predicted molar refractivity (Wildman–Crippen MR) is 121 cm³/mol. The highest BCUT2D eigenvalue weighted by Gasteiger charge is 2.21. The van der Waals surface area contributed by atoms with Gasteiger partial charge in [-0.2, -0.15) is 0 Å². The summed E-state index contributed by atoms with van der Waals surface area (Å²) < 4.78 is 41.8. The zero-order valence-corrected chi connectivity index (χ0v) is 17.9. The van der Waals surface area contributed by atoms with Crippen molar-refractivity contribution in [1.29, 1.82) is 0 Å². The van der Waals surface area contributed by atoms with Gasteiger partial charge in [-0.1, -0.05) is 30.3 Å². The molecule has 1 heterocycles. The first kappa shape index (κ1) is 22.0. The number of non-ortho nitro benzene ring substituents is 1. The first-order chi connectivity index (χ1) is 15.7. The topological polar surface area (TPSA) is 134 Å². The third kappa shape index (κ3) is 4.39. The summed E-state index contributed by atoms with van der Waals surface area (Å²) >= 11 is 0. The molecule has 4 aromatic rings. The number of amides is 1. The molecule has 0 aliphatic rings. The van der Waals surface area contributed by atoms with Crippen LogP contribution in [0.4, 0.5) is 21.5 Å². The number of aromatic amines is 1. The van der Waals surface area contributed by atoms with E-state index in [9.17, 15) is 27.7 Å². The second-order valence-corrected chi connectivity index (χ2v) is 8.85. The van der Waals surface area contributed by atoms with Crippen LogP contribution in [-0.2, 0) is 10.0 Å². The number of aryl methyl sites for hydroxylation is 1. The van der Waals surface area contributed by atoms with Crippen molar-refractivity contribution in [1.82, 2.24) is 4.98 Å². The molecule has 0 radical (unpaired) electrons. The first-order valence-corrected chi connectivity index (χ1v) is 11.1. The number of aromatic nitrogens is 1. The molecule has 0 saturated carbocycles. The Hall–Kier alpha value is -4.25. The highest BCUT2D eigenvalue weighted by atomic mass is 32.2. The van der Waals surface area contributed by atoms with Gasteiger partial charge in [0.15, 0.2) is 0 Å². The van der Waals surface area contributed by atoms with Gasteiger partial charge in [0.05, 0.1) is 15.5 Å². The summed E-state index contributed by atoms with van der Waals surface area (Å²) in [7, 11) is -4.15. The second kappa shape index (κ2) is 8.36. The second-order valence-electron chi connectivity index (χ2n) is 7.20. The van der Waals surface area contributed by atoms with Gasteiger partial charge in [0.25, 0.3) is 21.6 Å². The lowest BCUT2D eigenvalue weighted by atomic mass is 10.2. The van der Waals surface area contributed by atoms with Crippen molar-refractivity contribution < 1.29 is 22.5 Å². The molecular formula is C22H17FN4O5S. The van der Waals surface area contributed by atoms with Crippen LogP contribution in [0.1, 0.15) is 16.1 Å². The van der Waals surface area contributed by atoms with Crippen molar-refractivity contribution in [2.24, 2.45) is 0 Å². The Bertz CT molecular complexity index is 1510. The van der Waals surface area contributed by atoms with Gasteiger partial charge in [-0.25, -0.2) is 12.8 Å². The third-order valence-electron chi connectivity index (χ3n) is 4.93. The van der Waals surface area contributed by atoms with E-state index in [1.807, 2.05) is 0 Å². The number of carbonyl (C=O) groups excluding carboxylic acids is 1. The van der Waals surface area contributed by atoms with Gasteiger partial charge in [-0.15, -0.1) is 0 Å². The molecule has 1 amide bonds. The SMILES string of the molecule is Cc1ccc(NC(=O)c2cc3cccc([N+](=O)[O-])c3[nH]2)cc1S(=O)(=O)Nc1ccccc1F. The predicted octanol–water partition coefficient (Wildman–Crippen LogP) is 4.58. The number of halogens is 1. The number of nitro groups is 1. The molecule has 11 heteroatoms. The molecule has 0 aliphatic heterocycles. The average molecular weight is 468 g/mol. The molecule has 3 N–H and O–H groups in total. The summed E-state index contributed by atoms with van der Waals surface area (Å²) in [5.41, 5.74) is 0.453. The van der Waals surface area contributed by atoms with Crippen molar-refractivity contribution in [3.05, 3.63) is 93.9 Å². The Balaban J connectivity index is 1.62. The number of sulfonamides is 1. The van der Waals surface area contributed by atoms with E-state index in [1.165, 1.54) is 54.6 Å². The van der Waals surface area contributed by atoms with Crippen LogP contribution in [0, 0.1) is 22.9 Å². The van der Waals surface area contributed by atoms with E-state index in [1.54, 1.807) is 13.0 Å². The monoisotopic (exact) mass is 468 g/mol. The number of para-hydroxylation sites is 2. The Kier molecular flexibility index (Phi) is 5.56. The number of nitrogens with zero attached hydrogens (tertiary/aromatic N) is 1. The van der Waals surface area contributed by atoms with E-state index in [0.717, 1.165) is 6.07 Å². The fraction of sp³-hybridized carbons (Fsp3) is 0.0455. The van der Waals surface area contributed by atoms with Gasteiger partial charge >= 0.3 is 0 Å². The summed E-state index contributed by atoms with van der Waals surface area (Å²) in [6.07, 6.45) is 0. The maximum atomic E-state index is 13.9. The molecule has 9 nitrogen and oxygen atoms in total. The number of hydrogen-bond donors (Lipinski definition) is 3. The molecule has 0 spiro atoms. The highest BCUT2D eigenvalue weighted by molar-refractivity contribution is 7.92. The van der Waals surface area contributed by atoms with Crippen molar-refractivity contribution in [2.45, 2.75) is 11.8 Å². The molecule has 0 aliphatic carbocycles. The summed E-state index contributed by atoms with van der Waals surface area (Å²) in [4.78, 5) is 26.0. The van der Waals surface area contributed by atoms with Crippen molar-refractivity contribution in [3.8, 4) is 0 Å². The number of rotatable bonds is 6. The van der Waals surface area contributed by atoms with Gasteiger partial charge in [0.1, 0.15) is 17.0 Å². The standard InChI is InChI=1S/C22H17FN4O5S/c1-13-9-10-15(12-20(13)33(31,32)26-17-7-3-2-6-16(17)23)24-22(28)18-11-14-5-4-8-19(27(29)30)21(14)25-18/h2-12,25-26H,1H3,(H,24,28). The van der Waals surface area contributed by atoms with Gasteiger partial charge in [-0.3, -0.25) is 19.6 Å². The van der Waals surface area contributed by atoms with E-state index < -0.39 is 26.7 Å². The molecule has 0 saturated heterocycles. The Morgan fingerprint density at radius 1 is 1.06 bits per heavy atom. The Morgan fingerprint density at radius 2 is 1.82 bits per heavy atom. The smallest absolute Gasteiger partial charge is 0.293 e. The van der Waals surface area contributed by atoms with E-state index in [-0.39, 0.29) is 33.2 Å². The number of H-pyrrole nitrogens is 1. The zero-order chi connectivity index (χ0) is 23.8. The van der Waals surface area contributed by atoms with Crippen LogP contribution >= 0.6 is 0 Å². The number of hydrogen-bond acceptors (Lipinski definition) is 5. The number of benzene rings is 3. The summed E-state index contributed by atoms with van der Waals surface area (Å²) in [6.45, 7) is 1.57. The van der Waals surface area contributed by atoms with E-state index in [2.05, 4.69) is 15.0 Å². The summed E-state index contributed by atoms with van der Waals surface area (Å²) in [6, 6.07) is 15.5. The van der Waals surface area contributed by atoms with Crippen molar-refractivity contribution >= 4 is 43.9 Å². The van der Waals surface area contributed by atoms with Crippen LogP contribution in [-0.4, -0.2) is 24.2 Å². The fourth-order valence-electron chi connectivity index (χ4n) is 3.32. The average Bonchev–Trinajstić information content (AvgIpc) is 3.21. The molecule has 4 rings (SSSR count). The lowest BCUT2D eigenvalue weighted by molar-refractivity contribution is -0.383. The molecule has 0 bridgehead atoms.